The van der Waals surface area contributed by atoms with Crippen LogP contribution >= 0.6 is 0 Å². The van der Waals surface area contributed by atoms with E-state index in [1.807, 2.05) is 0 Å². The Morgan fingerprint density at radius 2 is 1.21 bits per heavy atom. The Hall–Kier alpha value is 0.440. The van der Waals surface area contributed by atoms with Gasteiger partial charge in [0.25, 0.3) is 10.1 Å². The second-order valence-electron chi connectivity index (χ2n) is 10.4. The molecule has 228 valence electrons. The minimum absolute atomic E-state index is 0. The molecular weight excluding hydrogens is 556 g/mol. The number of ether oxygens (including phenoxy) is 3. The van der Waals surface area contributed by atoms with Crippen molar-refractivity contribution >= 4 is 53.8 Å². The molecule has 1 aliphatic heterocycles. The van der Waals surface area contributed by atoms with Gasteiger partial charge < -0.3 is 29.5 Å². The zero-order valence-electron chi connectivity index (χ0n) is 23.9. The molecule has 39 heavy (non-hydrogen) atoms. The summed E-state index contributed by atoms with van der Waals surface area (Å²) in [5.41, 5.74) is 0. The third kappa shape index (κ3) is 20.1. The molecule has 10 nitrogen and oxygen atoms in total. The van der Waals surface area contributed by atoms with Crippen LogP contribution in [0.25, 0.3) is 0 Å². The predicted octanol–water partition coefficient (Wildman–Crippen LogP) is 3.51. The van der Waals surface area contributed by atoms with Crippen LogP contribution in [0.4, 0.5) is 0 Å². The number of hydrogen-bond acceptors (Lipinski definition) is 9. The van der Waals surface area contributed by atoms with E-state index in [0.717, 1.165) is 19.3 Å². The number of aliphatic hydroxyl groups excluding tert-OH is 3. The first kappa shape index (κ1) is 39.4. The van der Waals surface area contributed by atoms with Crippen LogP contribution in [-0.2, 0) is 29.1 Å². The monoisotopic (exact) mass is 608 g/mol. The van der Waals surface area contributed by atoms with Crippen LogP contribution in [0.5, 0.6) is 0 Å². The molecule has 4 N–H and O–H groups in total. The second kappa shape index (κ2) is 23.9. The van der Waals surface area contributed by atoms with E-state index in [-0.39, 0.29) is 56.9 Å². The smallest absolute Gasteiger partial charge is 0.305 e. The van der Waals surface area contributed by atoms with Crippen molar-refractivity contribution in [1.82, 2.24) is 0 Å². The van der Waals surface area contributed by atoms with Crippen molar-refractivity contribution in [1.29, 1.82) is 0 Å². The second-order valence-corrected chi connectivity index (χ2v) is 11.9. The van der Waals surface area contributed by atoms with Gasteiger partial charge in [-0.15, -0.1) is 0 Å². The molecule has 0 unspecified atom stereocenters. The summed E-state index contributed by atoms with van der Waals surface area (Å²) in [5, 5.41) is 29.7. The van der Waals surface area contributed by atoms with Gasteiger partial charge in [-0.3, -0.25) is 9.35 Å². The number of carbonyl (C=O) groups is 1. The quantitative estimate of drug-likeness (QED) is 0.0585. The van der Waals surface area contributed by atoms with Gasteiger partial charge in [-0.2, -0.15) is 8.42 Å². The average molecular weight is 609 g/mol. The molecule has 5 atom stereocenters. The van der Waals surface area contributed by atoms with Crippen LogP contribution < -0.4 is 0 Å². The zero-order chi connectivity index (χ0) is 28.2. The molecule has 2 radical (unpaired) electrons. The molecule has 1 heterocycles. The SMILES string of the molecule is CCCCCCCCCCCCCCCCCC(=O)OCCCO[C@H]1O[C@H](CS(=O)(=O)O)[C@@H](O)[C@H](O)[C@H]1O.[Ca]. The van der Waals surface area contributed by atoms with Crippen LogP contribution in [0.15, 0.2) is 0 Å². The summed E-state index contributed by atoms with van der Waals surface area (Å²) in [7, 11) is -4.47. The molecule has 1 rings (SSSR count). The Morgan fingerprint density at radius 3 is 1.69 bits per heavy atom. The van der Waals surface area contributed by atoms with Gasteiger partial charge in [-0.05, 0) is 6.42 Å². The predicted molar refractivity (Wildman–Crippen MR) is 150 cm³/mol. The molecule has 12 heteroatoms. The molecule has 1 saturated heterocycles. The third-order valence-electron chi connectivity index (χ3n) is 6.86. The molecule has 0 aliphatic carbocycles. The summed E-state index contributed by atoms with van der Waals surface area (Å²) in [4.78, 5) is 11.9. The topological polar surface area (TPSA) is 160 Å². The van der Waals surface area contributed by atoms with E-state index in [9.17, 15) is 28.5 Å². The number of rotatable bonds is 23. The maximum atomic E-state index is 11.9. The van der Waals surface area contributed by atoms with Gasteiger partial charge in [0.1, 0.15) is 30.2 Å². The Balaban J connectivity index is 0.0000144. The number of esters is 1. The summed E-state index contributed by atoms with van der Waals surface area (Å²) in [6, 6.07) is 0. The summed E-state index contributed by atoms with van der Waals surface area (Å²) in [5.74, 6) is -1.23. The van der Waals surface area contributed by atoms with Crippen LogP contribution in [0, 0.1) is 0 Å². The molecule has 1 aliphatic rings. The van der Waals surface area contributed by atoms with E-state index in [4.69, 9.17) is 18.8 Å². The van der Waals surface area contributed by atoms with Gasteiger partial charge in [0.05, 0.1) is 13.2 Å². The van der Waals surface area contributed by atoms with Crippen molar-refractivity contribution in [2.45, 2.75) is 147 Å². The first-order valence-corrected chi connectivity index (χ1v) is 16.2. The van der Waals surface area contributed by atoms with Gasteiger partial charge in [-0.25, -0.2) is 0 Å². The number of unbranched alkanes of at least 4 members (excludes halogenated alkanes) is 14. The molecular formula is C27H52CaO10S. The number of hydrogen-bond donors (Lipinski definition) is 4. The average Bonchev–Trinajstić information content (AvgIpc) is 2.86. The van der Waals surface area contributed by atoms with Gasteiger partial charge in [0.2, 0.25) is 0 Å². The Kier molecular flexibility index (Phi) is 24.2. The molecule has 0 amide bonds. The van der Waals surface area contributed by atoms with Gasteiger partial charge >= 0.3 is 5.97 Å². The van der Waals surface area contributed by atoms with Crippen molar-refractivity contribution in [3.63, 3.8) is 0 Å². The number of aliphatic hydroxyl groups is 3. The van der Waals surface area contributed by atoms with E-state index in [1.54, 1.807) is 0 Å². The first-order chi connectivity index (χ1) is 18.2. The van der Waals surface area contributed by atoms with E-state index in [2.05, 4.69) is 6.92 Å². The largest absolute Gasteiger partial charge is 0.466 e. The number of carbonyl (C=O) groups excluding carboxylic acids is 1. The maximum absolute atomic E-state index is 11.9. The van der Waals surface area contributed by atoms with E-state index in [1.165, 1.54) is 77.0 Å². The summed E-state index contributed by atoms with van der Waals surface area (Å²) >= 11 is 0. The van der Waals surface area contributed by atoms with Gasteiger partial charge in [0.15, 0.2) is 6.29 Å². The Labute approximate surface area is 265 Å². The standard InChI is InChI=1S/C27H52O10S.Ca/c1-2-3-4-5-6-7-8-9-10-11-12-13-14-15-16-18-23(28)35-19-17-20-36-27-26(31)25(30)24(29)22(37-27)21-38(32,33)34;/h22,24-27,29-31H,2-21H2,1H3,(H,32,33,34);/t22-,24-,25+,26-,27+;/m1./s1. The third-order valence-corrected chi connectivity index (χ3v) is 7.61. The van der Waals surface area contributed by atoms with E-state index >= 15 is 0 Å². The van der Waals surface area contributed by atoms with Crippen molar-refractivity contribution in [2.24, 2.45) is 0 Å². The van der Waals surface area contributed by atoms with Crippen LogP contribution in [-0.4, -0.2) is 122 Å². The normalized spacial score (nSPS) is 23.4. The molecule has 0 bridgehead atoms. The first-order valence-electron chi connectivity index (χ1n) is 14.6. The minimum atomic E-state index is -4.47. The minimum Gasteiger partial charge on any atom is -0.466 e. The molecule has 0 spiro atoms. The van der Waals surface area contributed by atoms with Crippen LogP contribution in [0.1, 0.15) is 116 Å². The fraction of sp³-hybridized carbons (Fsp3) is 0.963. The fourth-order valence-corrected chi connectivity index (χ4v) is 5.25. The summed E-state index contributed by atoms with van der Waals surface area (Å²) < 4.78 is 46.8. The van der Waals surface area contributed by atoms with Crippen molar-refractivity contribution in [3.8, 4) is 0 Å². The van der Waals surface area contributed by atoms with Crippen molar-refractivity contribution < 1.29 is 47.3 Å². The Morgan fingerprint density at radius 1 is 0.718 bits per heavy atom. The molecule has 0 aromatic carbocycles. The summed E-state index contributed by atoms with van der Waals surface area (Å²) in [6.07, 6.45) is 11.7. The molecule has 0 saturated carbocycles. The molecule has 0 aromatic heterocycles. The van der Waals surface area contributed by atoms with Gasteiger partial charge in [0, 0.05) is 50.6 Å². The van der Waals surface area contributed by atoms with Crippen LogP contribution in [0.2, 0.25) is 0 Å². The van der Waals surface area contributed by atoms with Crippen molar-refractivity contribution in [2.75, 3.05) is 19.0 Å². The van der Waals surface area contributed by atoms with Gasteiger partial charge in [-0.1, -0.05) is 96.8 Å². The van der Waals surface area contributed by atoms with Crippen molar-refractivity contribution in [3.05, 3.63) is 0 Å². The fourth-order valence-electron chi connectivity index (χ4n) is 4.56. The molecule has 0 aromatic rings. The van der Waals surface area contributed by atoms with E-state index < -0.39 is 46.6 Å². The maximum Gasteiger partial charge on any atom is 0.305 e. The molecule has 1 fully saturated rings. The zero-order valence-corrected chi connectivity index (χ0v) is 26.9. The Bertz CT molecular complexity index is 709. The summed E-state index contributed by atoms with van der Waals surface area (Å²) in [6.45, 7) is 2.37. The van der Waals surface area contributed by atoms with E-state index in [0.29, 0.717) is 12.8 Å². The van der Waals surface area contributed by atoms with Crippen LogP contribution in [0.3, 0.4) is 0 Å².